The second-order valence-electron chi connectivity index (χ2n) is 7.10. The van der Waals surface area contributed by atoms with Gasteiger partial charge in [0.1, 0.15) is 11.5 Å². The number of rotatable bonds is 3. The van der Waals surface area contributed by atoms with Crippen LogP contribution < -0.4 is 0 Å². The van der Waals surface area contributed by atoms with Gasteiger partial charge < -0.3 is 9.47 Å². The van der Waals surface area contributed by atoms with Crippen molar-refractivity contribution in [1.29, 1.82) is 0 Å². The second-order valence-corrected chi connectivity index (χ2v) is 7.10. The summed E-state index contributed by atoms with van der Waals surface area (Å²) < 4.78 is 3.85. The van der Waals surface area contributed by atoms with Gasteiger partial charge in [0.15, 0.2) is 0 Å². The highest BCUT2D eigenvalue weighted by Crippen LogP contribution is 2.34. The van der Waals surface area contributed by atoms with Crippen LogP contribution in [0.3, 0.4) is 0 Å². The van der Waals surface area contributed by atoms with Crippen LogP contribution in [0.15, 0.2) is 48.9 Å². The van der Waals surface area contributed by atoms with Crippen molar-refractivity contribution in [3.63, 3.8) is 0 Å². The van der Waals surface area contributed by atoms with E-state index in [9.17, 15) is 4.79 Å². The van der Waals surface area contributed by atoms with Crippen molar-refractivity contribution in [3.05, 3.63) is 71.6 Å². The molecule has 0 saturated heterocycles. The third-order valence-corrected chi connectivity index (χ3v) is 4.98. The van der Waals surface area contributed by atoms with Gasteiger partial charge in [0.2, 0.25) is 0 Å². The number of benzene rings is 1. The monoisotopic (exact) mass is 349 g/mol. The molecular weight excluding hydrogens is 326 g/mol. The number of amides is 1. The fourth-order valence-electron chi connectivity index (χ4n) is 3.70. The van der Waals surface area contributed by atoms with Crippen molar-refractivity contribution < 1.29 is 4.79 Å². The zero-order valence-electron chi connectivity index (χ0n) is 15.3. The van der Waals surface area contributed by atoms with E-state index in [0.717, 1.165) is 5.82 Å². The minimum atomic E-state index is -0.0345. The maximum Gasteiger partial charge on any atom is 0.274 e. The Labute approximate surface area is 153 Å². The summed E-state index contributed by atoms with van der Waals surface area (Å²) in [4.78, 5) is 19.5. The van der Waals surface area contributed by atoms with Crippen LogP contribution in [-0.4, -0.2) is 36.7 Å². The summed E-state index contributed by atoms with van der Waals surface area (Å²) in [7, 11) is 1.82. The number of aromatic nitrogens is 4. The Kier molecular flexibility index (Phi) is 4.11. The first-order valence-corrected chi connectivity index (χ1v) is 8.94. The van der Waals surface area contributed by atoms with Crippen LogP contribution in [0, 0.1) is 0 Å². The molecule has 3 heterocycles. The molecule has 0 aliphatic carbocycles. The fourth-order valence-corrected chi connectivity index (χ4v) is 3.70. The largest absolute Gasteiger partial charge is 0.332 e. The third-order valence-electron chi connectivity index (χ3n) is 4.98. The van der Waals surface area contributed by atoms with E-state index in [1.165, 1.54) is 11.1 Å². The number of hydrogen-bond donors (Lipinski definition) is 0. The Bertz CT molecular complexity index is 939. The molecule has 0 radical (unpaired) electrons. The number of aryl methyl sites for hydroxylation is 1. The molecule has 2 aromatic heterocycles. The average molecular weight is 349 g/mol. The maximum atomic E-state index is 13.0. The zero-order valence-corrected chi connectivity index (χ0v) is 15.3. The summed E-state index contributed by atoms with van der Waals surface area (Å²) in [6.07, 6.45) is 5.66. The van der Waals surface area contributed by atoms with Gasteiger partial charge in [-0.15, -0.1) is 0 Å². The number of imidazole rings is 1. The molecule has 0 saturated carbocycles. The molecule has 0 N–H and O–H groups in total. The van der Waals surface area contributed by atoms with Crippen molar-refractivity contribution in [1.82, 2.24) is 24.2 Å². The predicted octanol–water partition coefficient (Wildman–Crippen LogP) is 2.99. The Morgan fingerprint density at radius 2 is 2.00 bits per heavy atom. The van der Waals surface area contributed by atoms with Crippen LogP contribution in [0.1, 0.15) is 53.2 Å². The molecule has 1 aromatic carbocycles. The van der Waals surface area contributed by atoms with E-state index in [0.29, 0.717) is 24.8 Å². The molecule has 1 amide bonds. The average Bonchev–Trinajstić information content (AvgIpc) is 3.29. The second kappa shape index (κ2) is 6.44. The summed E-state index contributed by atoms with van der Waals surface area (Å²) in [5.41, 5.74) is 2.91. The van der Waals surface area contributed by atoms with E-state index in [2.05, 4.69) is 46.7 Å². The molecule has 0 bridgehead atoms. The highest BCUT2D eigenvalue weighted by molar-refractivity contribution is 5.92. The molecule has 6 heteroatoms. The quantitative estimate of drug-likeness (QED) is 0.730. The van der Waals surface area contributed by atoms with Crippen molar-refractivity contribution in [2.24, 2.45) is 7.05 Å². The van der Waals surface area contributed by atoms with Gasteiger partial charge in [-0.25, -0.2) is 4.98 Å². The molecule has 26 heavy (non-hydrogen) atoms. The van der Waals surface area contributed by atoms with E-state index in [4.69, 9.17) is 0 Å². The minimum absolute atomic E-state index is 0.0345. The minimum Gasteiger partial charge on any atom is -0.332 e. The van der Waals surface area contributed by atoms with E-state index < -0.39 is 0 Å². The molecule has 1 aliphatic heterocycles. The number of nitrogens with zero attached hydrogens (tertiary/aromatic N) is 5. The first kappa shape index (κ1) is 16.6. The Hall–Kier alpha value is -2.89. The third kappa shape index (κ3) is 2.81. The molecule has 1 atom stereocenters. The van der Waals surface area contributed by atoms with Crippen molar-refractivity contribution in [3.8, 4) is 0 Å². The van der Waals surface area contributed by atoms with Crippen LogP contribution in [0.5, 0.6) is 0 Å². The number of carbonyl (C=O) groups excluding carboxylic acids is 1. The van der Waals surface area contributed by atoms with Gasteiger partial charge in [-0.3, -0.25) is 9.48 Å². The lowest BCUT2D eigenvalue weighted by molar-refractivity contribution is 0.0716. The lowest BCUT2D eigenvalue weighted by Gasteiger charge is -2.34. The standard InChI is InChI=1S/C20H23N5O/c1-14(2)25-11-9-21-19(25)17-13-24(12-15-6-4-5-7-16(15)17)20(26)18-8-10-23(3)22-18/h4-11,14,17H,12-13H2,1-3H3/t17-/m0/s1. The van der Waals surface area contributed by atoms with Gasteiger partial charge in [0.25, 0.3) is 5.91 Å². The molecule has 134 valence electrons. The molecular formula is C20H23N5O. The first-order valence-electron chi connectivity index (χ1n) is 8.94. The van der Waals surface area contributed by atoms with Crippen LogP contribution in [0.2, 0.25) is 0 Å². The summed E-state index contributed by atoms with van der Waals surface area (Å²) in [5.74, 6) is 1.03. The van der Waals surface area contributed by atoms with E-state index in [1.807, 2.05) is 30.4 Å². The zero-order chi connectivity index (χ0) is 18.3. The summed E-state index contributed by atoms with van der Waals surface area (Å²) in [6, 6.07) is 10.4. The Morgan fingerprint density at radius 1 is 1.19 bits per heavy atom. The summed E-state index contributed by atoms with van der Waals surface area (Å²) in [5, 5.41) is 4.28. The van der Waals surface area contributed by atoms with Gasteiger partial charge in [0.05, 0.1) is 5.92 Å². The van der Waals surface area contributed by atoms with Gasteiger partial charge in [0, 0.05) is 44.8 Å². The maximum absolute atomic E-state index is 13.0. The summed E-state index contributed by atoms with van der Waals surface area (Å²) >= 11 is 0. The van der Waals surface area contributed by atoms with E-state index in [-0.39, 0.29) is 11.8 Å². The molecule has 4 rings (SSSR count). The molecule has 3 aromatic rings. The number of fused-ring (bicyclic) bond motifs is 1. The smallest absolute Gasteiger partial charge is 0.274 e. The lowest BCUT2D eigenvalue weighted by Crippen LogP contribution is -2.39. The lowest BCUT2D eigenvalue weighted by atomic mass is 9.88. The predicted molar refractivity (Wildman–Crippen MR) is 98.8 cm³/mol. The Morgan fingerprint density at radius 3 is 2.73 bits per heavy atom. The molecule has 0 fully saturated rings. The van der Waals surface area contributed by atoms with Gasteiger partial charge in [-0.05, 0) is 31.0 Å². The van der Waals surface area contributed by atoms with Gasteiger partial charge >= 0.3 is 0 Å². The van der Waals surface area contributed by atoms with Gasteiger partial charge in [-0.1, -0.05) is 24.3 Å². The van der Waals surface area contributed by atoms with Crippen molar-refractivity contribution >= 4 is 5.91 Å². The molecule has 6 nitrogen and oxygen atoms in total. The number of hydrogen-bond acceptors (Lipinski definition) is 3. The normalized spacial score (nSPS) is 16.8. The Balaban J connectivity index is 1.74. The topological polar surface area (TPSA) is 56.0 Å². The SMILES string of the molecule is CC(C)n1ccnc1[C@H]1CN(C(=O)c2ccn(C)n2)Cc2ccccc21. The van der Waals surface area contributed by atoms with Crippen LogP contribution in [-0.2, 0) is 13.6 Å². The highest BCUT2D eigenvalue weighted by Gasteiger charge is 2.32. The van der Waals surface area contributed by atoms with E-state index in [1.54, 1.807) is 16.9 Å². The fraction of sp³-hybridized carbons (Fsp3) is 0.350. The number of carbonyl (C=O) groups is 1. The van der Waals surface area contributed by atoms with Crippen LogP contribution in [0.4, 0.5) is 0 Å². The first-order chi connectivity index (χ1) is 12.5. The summed E-state index contributed by atoms with van der Waals surface area (Å²) in [6.45, 7) is 5.51. The van der Waals surface area contributed by atoms with Crippen LogP contribution >= 0.6 is 0 Å². The van der Waals surface area contributed by atoms with E-state index >= 15 is 0 Å². The van der Waals surface area contributed by atoms with Crippen molar-refractivity contribution in [2.75, 3.05) is 6.54 Å². The van der Waals surface area contributed by atoms with Crippen molar-refractivity contribution in [2.45, 2.75) is 32.4 Å². The molecule has 1 aliphatic rings. The molecule has 0 spiro atoms. The highest BCUT2D eigenvalue weighted by atomic mass is 16.2. The van der Waals surface area contributed by atoms with Gasteiger partial charge in [-0.2, -0.15) is 5.10 Å². The molecule has 0 unspecified atom stereocenters. The van der Waals surface area contributed by atoms with Crippen LogP contribution in [0.25, 0.3) is 0 Å².